The maximum absolute atomic E-state index is 12.7. The molecule has 0 aromatic heterocycles. The average molecular weight is 510 g/mol. The van der Waals surface area contributed by atoms with Crippen molar-refractivity contribution in [1.29, 1.82) is 0 Å². The monoisotopic (exact) mass is 509 g/mol. The maximum atomic E-state index is 12.7. The van der Waals surface area contributed by atoms with Crippen LogP contribution in [0.5, 0.6) is 11.5 Å². The van der Waals surface area contributed by atoms with Gasteiger partial charge in [-0.2, -0.15) is 13.2 Å². The molecule has 1 atom stereocenters. The molecule has 0 bridgehead atoms. The summed E-state index contributed by atoms with van der Waals surface area (Å²) in [6.07, 6.45) is -2.42. The summed E-state index contributed by atoms with van der Waals surface area (Å²) in [6, 6.07) is 9.41. The van der Waals surface area contributed by atoms with Gasteiger partial charge in [0.2, 0.25) is 0 Å². The lowest BCUT2D eigenvalue weighted by Gasteiger charge is -2.28. The van der Waals surface area contributed by atoms with E-state index in [-0.39, 0.29) is 24.9 Å². The van der Waals surface area contributed by atoms with Crippen LogP contribution in [0.3, 0.4) is 0 Å². The highest BCUT2D eigenvalue weighted by Crippen LogP contribution is 2.47. The molecule has 0 saturated heterocycles. The molecular formula is C22H28ClF3NO5P. The maximum Gasteiger partial charge on any atom is 0.416 e. The summed E-state index contributed by atoms with van der Waals surface area (Å²) in [4.78, 5) is 0. The van der Waals surface area contributed by atoms with Crippen LogP contribution in [0.2, 0.25) is 5.02 Å². The highest BCUT2D eigenvalue weighted by Gasteiger charge is 2.31. The topological polar surface area (TPSA) is 91.0 Å². The second-order valence-corrected chi connectivity index (χ2v) is 10.5. The smallest absolute Gasteiger partial charge is 0.416 e. The summed E-state index contributed by atoms with van der Waals surface area (Å²) < 4.78 is 65.6. The molecule has 33 heavy (non-hydrogen) atoms. The molecule has 2 aromatic rings. The Hall–Kier alpha value is -1.61. The minimum absolute atomic E-state index is 0.0911. The molecule has 0 radical (unpaired) electrons. The van der Waals surface area contributed by atoms with Crippen LogP contribution >= 0.6 is 19.2 Å². The first-order valence-corrected chi connectivity index (χ1v) is 12.3. The summed E-state index contributed by atoms with van der Waals surface area (Å²) >= 11 is 6.34. The molecule has 0 spiro atoms. The van der Waals surface area contributed by atoms with E-state index in [0.29, 0.717) is 30.0 Å². The van der Waals surface area contributed by atoms with E-state index >= 15 is 0 Å². The van der Waals surface area contributed by atoms with Crippen molar-refractivity contribution in [2.45, 2.75) is 37.4 Å². The number of aryl methyl sites for hydroxylation is 1. The van der Waals surface area contributed by atoms with Gasteiger partial charge in [0.25, 0.3) is 0 Å². The standard InChI is InChI=1S/C22H28ClF3NO5P/c1-30-33(29,31-2)13-12-21(27,15-28)11-3-4-16-5-8-19(14-20(16)23)32-18-9-6-17(7-10-18)22(24,25)26/h5-10,14,28H,3-4,11-13,15,27H2,1-2H3. The molecular weight excluding hydrogens is 482 g/mol. The van der Waals surface area contributed by atoms with Gasteiger partial charge in [0.1, 0.15) is 11.5 Å². The minimum atomic E-state index is -4.41. The van der Waals surface area contributed by atoms with E-state index in [1.807, 2.05) is 0 Å². The molecule has 0 heterocycles. The quantitative estimate of drug-likeness (QED) is 0.339. The third kappa shape index (κ3) is 8.28. The molecule has 3 N–H and O–H groups in total. The van der Waals surface area contributed by atoms with Crippen LogP contribution in [0.15, 0.2) is 42.5 Å². The number of aliphatic hydroxyl groups is 1. The number of aliphatic hydroxyl groups excluding tert-OH is 1. The predicted molar refractivity (Wildman–Crippen MR) is 121 cm³/mol. The third-order valence-corrected chi connectivity index (χ3v) is 7.55. The third-order valence-electron chi connectivity index (χ3n) is 5.32. The Bertz CT molecular complexity index is 950. The zero-order valence-electron chi connectivity index (χ0n) is 18.4. The van der Waals surface area contributed by atoms with Crippen LogP contribution in [0.1, 0.15) is 30.4 Å². The molecule has 2 rings (SSSR count). The number of alkyl halides is 3. The zero-order chi connectivity index (χ0) is 24.7. The van der Waals surface area contributed by atoms with Gasteiger partial charge in [-0.15, -0.1) is 0 Å². The Morgan fingerprint density at radius 1 is 1.03 bits per heavy atom. The van der Waals surface area contributed by atoms with Crippen LogP contribution in [-0.2, 0) is 26.2 Å². The fourth-order valence-corrected chi connectivity index (χ4v) is 4.67. The number of hydrogen-bond donors (Lipinski definition) is 2. The molecule has 184 valence electrons. The lowest BCUT2D eigenvalue weighted by atomic mass is 9.91. The molecule has 2 aromatic carbocycles. The second-order valence-electron chi connectivity index (χ2n) is 7.70. The first kappa shape index (κ1) is 27.6. The predicted octanol–water partition coefficient (Wildman–Crippen LogP) is 6.04. The molecule has 0 aliphatic heterocycles. The lowest BCUT2D eigenvalue weighted by Crippen LogP contribution is -2.44. The first-order valence-electron chi connectivity index (χ1n) is 10.2. The first-order chi connectivity index (χ1) is 15.4. The van der Waals surface area contributed by atoms with Crippen LogP contribution in [0, 0.1) is 0 Å². The fourth-order valence-electron chi connectivity index (χ4n) is 3.17. The Kier molecular flexibility index (Phi) is 9.79. The fraction of sp³-hybridized carbons (Fsp3) is 0.455. The van der Waals surface area contributed by atoms with Gasteiger partial charge < -0.3 is 24.6 Å². The molecule has 11 heteroatoms. The number of ether oxygens (including phenoxy) is 1. The highest BCUT2D eigenvalue weighted by molar-refractivity contribution is 7.53. The van der Waals surface area contributed by atoms with Crippen molar-refractivity contribution in [2.24, 2.45) is 5.73 Å². The van der Waals surface area contributed by atoms with Crippen LogP contribution in [-0.4, -0.2) is 37.6 Å². The number of benzene rings is 2. The van der Waals surface area contributed by atoms with E-state index in [1.165, 1.54) is 26.4 Å². The zero-order valence-corrected chi connectivity index (χ0v) is 20.1. The van der Waals surface area contributed by atoms with E-state index in [9.17, 15) is 22.8 Å². The van der Waals surface area contributed by atoms with Crippen molar-refractivity contribution < 1.29 is 36.6 Å². The molecule has 0 amide bonds. The van der Waals surface area contributed by atoms with Crippen molar-refractivity contribution in [3.63, 3.8) is 0 Å². The normalized spacial score (nSPS) is 14.2. The number of hydrogen-bond acceptors (Lipinski definition) is 6. The van der Waals surface area contributed by atoms with Gasteiger partial charge in [0, 0.05) is 24.8 Å². The van der Waals surface area contributed by atoms with Crippen molar-refractivity contribution >= 4 is 19.2 Å². The van der Waals surface area contributed by atoms with Gasteiger partial charge in [-0.05, 0) is 67.6 Å². The van der Waals surface area contributed by atoms with Crippen LogP contribution in [0.25, 0.3) is 0 Å². The van der Waals surface area contributed by atoms with E-state index < -0.39 is 24.9 Å². The largest absolute Gasteiger partial charge is 0.457 e. The summed E-state index contributed by atoms with van der Waals surface area (Å²) in [5.74, 6) is 0.647. The Morgan fingerprint density at radius 3 is 2.15 bits per heavy atom. The summed E-state index contributed by atoms with van der Waals surface area (Å²) in [6.45, 7) is -0.284. The van der Waals surface area contributed by atoms with E-state index in [4.69, 9.17) is 31.1 Å². The second kappa shape index (κ2) is 11.7. The SMILES string of the molecule is COP(=O)(CCC(N)(CO)CCCc1ccc(Oc2ccc(C(F)(F)F)cc2)cc1Cl)OC. The van der Waals surface area contributed by atoms with Gasteiger partial charge in [-0.25, -0.2) is 0 Å². The Labute approximate surface area is 196 Å². The molecule has 6 nitrogen and oxygen atoms in total. The molecule has 0 fully saturated rings. The summed E-state index contributed by atoms with van der Waals surface area (Å²) in [7, 11) is -0.616. The summed E-state index contributed by atoms with van der Waals surface area (Å²) in [5.41, 5.74) is 5.39. The van der Waals surface area contributed by atoms with Crippen LogP contribution < -0.4 is 10.5 Å². The van der Waals surface area contributed by atoms with E-state index in [1.54, 1.807) is 18.2 Å². The number of nitrogens with two attached hydrogens (primary N) is 1. The van der Waals surface area contributed by atoms with Gasteiger partial charge >= 0.3 is 13.8 Å². The number of halogens is 4. The molecule has 0 saturated carbocycles. The minimum Gasteiger partial charge on any atom is -0.457 e. The Morgan fingerprint density at radius 2 is 1.64 bits per heavy atom. The Balaban J connectivity index is 1.93. The van der Waals surface area contributed by atoms with Gasteiger partial charge in [-0.1, -0.05) is 17.7 Å². The van der Waals surface area contributed by atoms with Crippen molar-refractivity contribution in [1.82, 2.24) is 0 Å². The highest BCUT2D eigenvalue weighted by atomic mass is 35.5. The van der Waals surface area contributed by atoms with Gasteiger partial charge in [-0.3, -0.25) is 4.57 Å². The van der Waals surface area contributed by atoms with E-state index in [0.717, 1.165) is 17.7 Å². The van der Waals surface area contributed by atoms with Crippen LogP contribution in [0.4, 0.5) is 13.2 Å². The summed E-state index contributed by atoms with van der Waals surface area (Å²) in [5, 5.41) is 10.2. The van der Waals surface area contributed by atoms with Gasteiger partial charge in [0.05, 0.1) is 18.3 Å². The molecule has 0 aliphatic rings. The lowest BCUT2D eigenvalue weighted by molar-refractivity contribution is -0.137. The average Bonchev–Trinajstić information content (AvgIpc) is 2.79. The van der Waals surface area contributed by atoms with Crippen molar-refractivity contribution in [2.75, 3.05) is 27.0 Å². The van der Waals surface area contributed by atoms with Crippen molar-refractivity contribution in [3.05, 3.63) is 58.6 Å². The van der Waals surface area contributed by atoms with E-state index in [2.05, 4.69) is 0 Å². The number of rotatable bonds is 12. The van der Waals surface area contributed by atoms with Crippen molar-refractivity contribution in [3.8, 4) is 11.5 Å². The van der Waals surface area contributed by atoms with Gasteiger partial charge in [0.15, 0.2) is 0 Å². The molecule has 0 aliphatic carbocycles. The molecule has 1 unspecified atom stereocenters.